The van der Waals surface area contributed by atoms with E-state index in [1.807, 2.05) is 27.7 Å². The number of nitrogens with one attached hydrogen (secondary N) is 3. The number of sulfone groups is 1. The van der Waals surface area contributed by atoms with Gasteiger partial charge in [0.05, 0.1) is 17.3 Å². The Balaban J connectivity index is 1.86. The van der Waals surface area contributed by atoms with Gasteiger partial charge in [-0.2, -0.15) is 0 Å². The highest BCUT2D eigenvalue weighted by Gasteiger charge is 2.44. The maximum absolute atomic E-state index is 14.4. The van der Waals surface area contributed by atoms with Crippen molar-refractivity contribution >= 4 is 39.4 Å². The number of carbonyl (C=O) groups excluding carboxylic acids is 5. The van der Waals surface area contributed by atoms with Crippen LogP contribution in [0.1, 0.15) is 105 Å². The minimum Gasteiger partial charge on any atom is -0.363 e. The van der Waals surface area contributed by atoms with E-state index in [0.29, 0.717) is 31.7 Å². The molecule has 3 aliphatic carbocycles. The predicted octanol–water partition coefficient (Wildman–Crippen LogP) is 2.44. The number of rotatable bonds is 16. The number of carbonyl (C=O) groups is 5. The molecule has 5 amide bonds. The molecule has 0 bridgehead atoms. The van der Waals surface area contributed by atoms with Crippen LogP contribution in [0.5, 0.6) is 0 Å². The predicted molar refractivity (Wildman–Crippen MR) is 172 cm³/mol. The first-order valence-corrected chi connectivity index (χ1v) is 18.6. The van der Waals surface area contributed by atoms with Crippen LogP contribution in [0.15, 0.2) is 0 Å². The number of ketones is 1. The van der Waals surface area contributed by atoms with Crippen LogP contribution in [0.25, 0.3) is 0 Å². The van der Waals surface area contributed by atoms with Gasteiger partial charge in [-0.25, -0.2) is 13.2 Å². The molecule has 3 unspecified atom stereocenters. The van der Waals surface area contributed by atoms with Crippen LogP contribution in [-0.2, 0) is 29.0 Å². The van der Waals surface area contributed by atoms with Crippen LogP contribution in [0.3, 0.4) is 0 Å². The largest absolute Gasteiger partial charge is 0.363 e. The van der Waals surface area contributed by atoms with E-state index in [0.717, 1.165) is 57.6 Å². The van der Waals surface area contributed by atoms with E-state index >= 15 is 0 Å². The average Bonchev–Trinajstić information content (AvgIpc) is 3.85. The van der Waals surface area contributed by atoms with Crippen LogP contribution in [0.4, 0.5) is 4.79 Å². The maximum Gasteiger partial charge on any atom is 0.315 e. The fraction of sp³-hybridized carbons (Fsp3) is 0.844. The Morgan fingerprint density at radius 2 is 1.58 bits per heavy atom. The summed E-state index contributed by atoms with van der Waals surface area (Å²) in [5.41, 5.74) is 3.59. The summed E-state index contributed by atoms with van der Waals surface area (Å²) in [6.45, 7) is 9.40. The number of amides is 5. The summed E-state index contributed by atoms with van der Waals surface area (Å²) in [6.07, 6.45) is 9.76. The molecule has 4 atom stereocenters. The summed E-state index contributed by atoms with van der Waals surface area (Å²) in [6, 6.07) is -3.73. The topological polar surface area (TPSA) is 185 Å². The summed E-state index contributed by atoms with van der Waals surface area (Å²) in [4.78, 5) is 67.4. The normalized spacial score (nSPS) is 21.0. The lowest BCUT2D eigenvalue weighted by molar-refractivity contribution is -0.145. The first-order chi connectivity index (χ1) is 20.9. The minimum atomic E-state index is -3.39. The smallest absolute Gasteiger partial charge is 0.315 e. The van der Waals surface area contributed by atoms with Gasteiger partial charge in [0.2, 0.25) is 17.6 Å². The van der Waals surface area contributed by atoms with Gasteiger partial charge in [-0.05, 0) is 62.2 Å². The molecule has 12 nitrogen and oxygen atoms in total. The number of hydrogen-bond acceptors (Lipinski definition) is 7. The third-order valence-electron chi connectivity index (χ3n) is 9.63. The minimum absolute atomic E-state index is 0.147. The molecule has 3 saturated carbocycles. The van der Waals surface area contributed by atoms with Gasteiger partial charge in [0.1, 0.15) is 21.9 Å². The van der Waals surface area contributed by atoms with Crippen molar-refractivity contribution in [1.82, 2.24) is 20.9 Å². The van der Waals surface area contributed by atoms with Crippen molar-refractivity contribution in [3.63, 3.8) is 0 Å². The molecule has 0 heterocycles. The van der Waals surface area contributed by atoms with Gasteiger partial charge < -0.3 is 26.6 Å². The van der Waals surface area contributed by atoms with E-state index in [1.54, 1.807) is 6.92 Å². The van der Waals surface area contributed by atoms with Crippen LogP contribution < -0.4 is 21.7 Å². The van der Waals surface area contributed by atoms with E-state index in [4.69, 9.17) is 5.73 Å². The number of Topliss-reactive ketones (excluding diaryl/α,β-unsaturated/α-hetero) is 1. The van der Waals surface area contributed by atoms with E-state index < -0.39 is 68.5 Å². The molecule has 0 aliphatic heterocycles. The first kappa shape index (κ1) is 36.8. The van der Waals surface area contributed by atoms with Gasteiger partial charge >= 0.3 is 6.03 Å². The SMILES string of the molecule is CCC(CN(C(=O)[C@@H](NC(=O)NC1(CS(C)(=O)=O)CCCCC1)C(C)(C)C)C(C)C(=O)NC(CC1CC1)C(=O)C(N)=O)C1CC1. The second kappa shape index (κ2) is 14.8. The van der Waals surface area contributed by atoms with Crippen molar-refractivity contribution in [2.24, 2.45) is 28.9 Å². The van der Waals surface area contributed by atoms with E-state index in [2.05, 4.69) is 16.0 Å². The molecule has 0 aromatic carbocycles. The molecule has 256 valence electrons. The van der Waals surface area contributed by atoms with Crippen molar-refractivity contribution in [3.05, 3.63) is 0 Å². The third-order valence-corrected chi connectivity index (χ3v) is 10.7. The molecule has 0 aromatic rings. The zero-order chi connectivity index (χ0) is 33.7. The lowest BCUT2D eigenvalue weighted by Crippen LogP contribution is -2.64. The molecule has 3 rings (SSSR count). The van der Waals surface area contributed by atoms with E-state index in [-0.39, 0.29) is 17.6 Å². The van der Waals surface area contributed by atoms with Gasteiger partial charge in [0.15, 0.2) is 0 Å². The van der Waals surface area contributed by atoms with Crippen LogP contribution >= 0.6 is 0 Å². The quantitative estimate of drug-likeness (QED) is 0.184. The molecular weight excluding hydrogens is 598 g/mol. The van der Waals surface area contributed by atoms with Gasteiger partial charge in [0, 0.05) is 12.8 Å². The fourth-order valence-electron chi connectivity index (χ4n) is 6.65. The van der Waals surface area contributed by atoms with Gasteiger partial charge in [-0.3, -0.25) is 19.2 Å². The molecule has 45 heavy (non-hydrogen) atoms. The number of nitrogens with zero attached hydrogens (tertiary/aromatic N) is 1. The summed E-state index contributed by atoms with van der Waals surface area (Å²) in [5.74, 6) is -2.36. The molecule has 0 spiro atoms. The highest BCUT2D eigenvalue weighted by atomic mass is 32.2. The van der Waals surface area contributed by atoms with Crippen LogP contribution in [0, 0.1) is 23.2 Å². The molecule has 0 saturated heterocycles. The summed E-state index contributed by atoms with van der Waals surface area (Å²) >= 11 is 0. The Morgan fingerprint density at radius 3 is 2.04 bits per heavy atom. The molecule has 3 aliphatic rings. The maximum atomic E-state index is 14.4. The number of nitrogens with two attached hydrogens (primary N) is 1. The monoisotopic (exact) mass is 653 g/mol. The molecule has 13 heteroatoms. The van der Waals surface area contributed by atoms with Gasteiger partial charge in [0.25, 0.3) is 5.91 Å². The summed E-state index contributed by atoms with van der Waals surface area (Å²) < 4.78 is 24.6. The zero-order valence-corrected chi connectivity index (χ0v) is 28.8. The Morgan fingerprint density at radius 1 is 0.978 bits per heavy atom. The molecule has 0 radical (unpaired) electrons. The Kier molecular flexibility index (Phi) is 12.1. The third kappa shape index (κ3) is 11.0. The lowest BCUT2D eigenvalue weighted by Gasteiger charge is -2.41. The lowest BCUT2D eigenvalue weighted by atomic mass is 9.83. The Labute approximate surface area is 268 Å². The summed E-state index contributed by atoms with van der Waals surface area (Å²) in [7, 11) is -3.39. The van der Waals surface area contributed by atoms with E-state index in [1.165, 1.54) is 4.90 Å². The van der Waals surface area contributed by atoms with Crippen molar-refractivity contribution in [1.29, 1.82) is 0 Å². The van der Waals surface area contributed by atoms with Gasteiger partial charge in [-0.1, -0.05) is 66.2 Å². The average molecular weight is 654 g/mol. The number of urea groups is 1. The van der Waals surface area contributed by atoms with Gasteiger partial charge in [-0.15, -0.1) is 0 Å². The number of hydrogen-bond donors (Lipinski definition) is 4. The molecule has 5 N–H and O–H groups in total. The van der Waals surface area contributed by atoms with Crippen molar-refractivity contribution < 1.29 is 32.4 Å². The summed E-state index contributed by atoms with van der Waals surface area (Å²) in [5, 5.41) is 8.48. The second-order valence-electron chi connectivity index (χ2n) is 14.9. The molecule has 3 fully saturated rings. The first-order valence-electron chi connectivity index (χ1n) is 16.6. The number of primary amides is 1. The van der Waals surface area contributed by atoms with Crippen molar-refractivity contribution in [2.75, 3.05) is 18.6 Å². The Hall–Kier alpha value is -2.70. The fourth-order valence-corrected chi connectivity index (χ4v) is 8.02. The molecular formula is C32H55N5O7S. The molecule has 0 aromatic heterocycles. The van der Waals surface area contributed by atoms with E-state index in [9.17, 15) is 32.4 Å². The van der Waals surface area contributed by atoms with Crippen molar-refractivity contribution in [2.45, 2.75) is 129 Å². The Bertz CT molecular complexity index is 1220. The van der Waals surface area contributed by atoms with Crippen molar-refractivity contribution in [3.8, 4) is 0 Å². The highest BCUT2D eigenvalue weighted by Crippen LogP contribution is 2.39. The van der Waals surface area contributed by atoms with Crippen LogP contribution in [0.2, 0.25) is 0 Å². The standard InChI is InChI=1S/C32H55N5O7S/c1-7-22(23-13-14-23)18-37(20(2)28(40)34-24(17-21-11-12-21)25(38)27(33)39)29(41)26(31(3,4)5)35-30(42)36-32(19-45(6,43)44)15-9-8-10-16-32/h20-24,26H,7-19H2,1-6H3,(H2,33,39)(H,34,40)(H2,35,36,42)/t20?,22?,24?,26-/m1/s1. The highest BCUT2D eigenvalue weighted by molar-refractivity contribution is 7.90. The van der Waals surface area contributed by atoms with Crippen LogP contribution in [-0.4, -0.2) is 85.1 Å². The zero-order valence-electron chi connectivity index (χ0n) is 27.9. The second-order valence-corrected chi connectivity index (χ2v) is 17.1.